The summed E-state index contributed by atoms with van der Waals surface area (Å²) in [6.07, 6.45) is 6.75. The van der Waals surface area contributed by atoms with Crippen LogP contribution in [0, 0.1) is 0 Å². The first kappa shape index (κ1) is 34.4. The van der Waals surface area contributed by atoms with Crippen LogP contribution in [-0.4, -0.2) is 0 Å². The van der Waals surface area contributed by atoms with Crippen LogP contribution in [-0.2, 0) is 6.42 Å². The van der Waals surface area contributed by atoms with E-state index < -0.39 is 0 Å². The van der Waals surface area contributed by atoms with Crippen LogP contribution in [0.25, 0.3) is 93.7 Å². The van der Waals surface area contributed by atoms with E-state index in [2.05, 4.69) is 217 Å². The lowest BCUT2D eigenvalue weighted by molar-refractivity contribution is 0.669. The number of hydrogen-bond acceptors (Lipinski definition) is 2. The third-order valence-corrected chi connectivity index (χ3v) is 12.5. The second-order valence-electron chi connectivity index (χ2n) is 16.0. The van der Waals surface area contributed by atoms with Gasteiger partial charge in [0.1, 0.15) is 11.2 Å². The van der Waals surface area contributed by atoms with Gasteiger partial charge in [0.2, 0.25) is 0 Å². The molecule has 1 aliphatic rings. The monoisotopic (exact) mass is 765 g/mol. The molecule has 0 bridgehead atoms. The van der Waals surface area contributed by atoms with Crippen molar-refractivity contribution in [2.24, 2.45) is 0 Å². The zero-order chi connectivity index (χ0) is 39.6. The highest BCUT2D eigenvalue weighted by Crippen LogP contribution is 2.44. The van der Waals surface area contributed by atoms with Crippen molar-refractivity contribution in [3.8, 4) is 33.4 Å². The summed E-state index contributed by atoms with van der Waals surface area (Å²) >= 11 is 0. The largest absolute Gasteiger partial charge is 0.456 e. The normalized spacial score (nSPS) is 12.5. The standard InChI is InChI=1S/C58H39NO/c1-2-12-41-33-44(22-21-38(41)11-1)39-23-28-47(29-24-39)59(48-30-25-40(26-31-48)53-35-45-15-5-6-16-49(45)51-18-7-8-19-52(51)53)56-20-10-9-17-50(56)46-27-32-57-54(36-46)55-34-42-13-3-4-14-43(42)37-58(55)60-57/h1-7,9-18,20-37H,8,19H2. The van der Waals surface area contributed by atoms with Gasteiger partial charge in [0.05, 0.1) is 5.69 Å². The number of furan rings is 1. The molecule has 1 heterocycles. The number of hydrogen-bond donors (Lipinski definition) is 0. The molecule has 0 radical (unpaired) electrons. The van der Waals surface area contributed by atoms with Crippen molar-refractivity contribution in [3.05, 3.63) is 217 Å². The molecule has 0 saturated carbocycles. The third-order valence-electron chi connectivity index (χ3n) is 12.5. The van der Waals surface area contributed by atoms with Gasteiger partial charge in [0.15, 0.2) is 0 Å². The van der Waals surface area contributed by atoms with E-state index in [1.165, 1.54) is 65.7 Å². The van der Waals surface area contributed by atoms with Gasteiger partial charge in [-0.05, 0) is 151 Å². The average molecular weight is 766 g/mol. The lowest BCUT2D eigenvalue weighted by Gasteiger charge is -2.28. The minimum Gasteiger partial charge on any atom is -0.456 e. The Kier molecular flexibility index (Phi) is 8.02. The first-order chi connectivity index (χ1) is 29.7. The molecule has 2 heteroatoms. The summed E-state index contributed by atoms with van der Waals surface area (Å²) in [7, 11) is 0. The van der Waals surface area contributed by atoms with E-state index in [9.17, 15) is 0 Å². The highest BCUT2D eigenvalue weighted by Gasteiger charge is 2.20. The SMILES string of the molecule is C1=Cc2c(c(-c3ccc(N(c4ccc(-c5ccc6ccccc6c5)cc4)c4ccccc4-c4ccc5oc6cc7ccccc7cc6c5c4)cc3)cc3ccccc23)CC1. The zero-order valence-electron chi connectivity index (χ0n) is 33.0. The second-order valence-corrected chi connectivity index (χ2v) is 16.0. The number of fused-ring (bicyclic) bond motifs is 8. The van der Waals surface area contributed by atoms with Crippen LogP contribution in [0.2, 0.25) is 0 Å². The molecule has 11 aromatic rings. The van der Waals surface area contributed by atoms with E-state index in [1.54, 1.807) is 0 Å². The molecule has 1 aliphatic carbocycles. The summed E-state index contributed by atoms with van der Waals surface area (Å²) < 4.78 is 6.43. The molecule has 10 aromatic carbocycles. The predicted octanol–water partition coefficient (Wildman–Crippen LogP) is 16.5. The fourth-order valence-electron chi connectivity index (χ4n) is 9.50. The molecular formula is C58H39NO. The molecule has 0 fully saturated rings. The van der Waals surface area contributed by atoms with Crippen LogP contribution >= 0.6 is 0 Å². The molecule has 282 valence electrons. The van der Waals surface area contributed by atoms with Crippen molar-refractivity contribution in [2.45, 2.75) is 12.8 Å². The third kappa shape index (κ3) is 5.80. The van der Waals surface area contributed by atoms with Gasteiger partial charge in [-0.2, -0.15) is 0 Å². The molecular weight excluding hydrogens is 727 g/mol. The maximum atomic E-state index is 6.43. The van der Waals surface area contributed by atoms with Crippen LogP contribution in [0.15, 0.2) is 211 Å². The van der Waals surface area contributed by atoms with Crippen LogP contribution in [0.3, 0.4) is 0 Å². The Hall–Kier alpha value is -7.68. The van der Waals surface area contributed by atoms with Gasteiger partial charge in [0, 0.05) is 27.7 Å². The highest BCUT2D eigenvalue weighted by molar-refractivity contribution is 6.11. The molecule has 0 N–H and O–H groups in total. The topological polar surface area (TPSA) is 16.4 Å². The van der Waals surface area contributed by atoms with Crippen molar-refractivity contribution in [2.75, 3.05) is 4.90 Å². The number of para-hydroxylation sites is 1. The van der Waals surface area contributed by atoms with Gasteiger partial charge in [-0.25, -0.2) is 0 Å². The maximum absolute atomic E-state index is 6.43. The van der Waals surface area contributed by atoms with E-state index in [1.807, 2.05) is 0 Å². The highest BCUT2D eigenvalue weighted by atomic mass is 16.3. The molecule has 0 spiro atoms. The molecule has 0 unspecified atom stereocenters. The first-order valence-electron chi connectivity index (χ1n) is 20.9. The van der Waals surface area contributed by atoms with Crippen LogP contribution in [0.1, 0.15) is 17.5 Å². The van der Waals surface area contributed by atoms with Gasteiger partial charge < -0.3 is 9.32 Å². The Morgan fingerprint density at radius 3 is 1.80 bits per heavy atom. The second kappa shape index (κ2) is 14.0. The molecule has 60 heavy (non-hydrogen) atoms. The lowest BCUT2D eigenvalue weighted by Crippen LogP contribution is -2.11. The summed E-state index contributed by atoms with van der Waals surface area (Å²) in [6, 6.07) is 73.0. The Labute approximate surface area is 348 Å². The van der Waals surface area contributed by atoms with Gasteiger partial charge in [0.25, 0.3) is 0 Å². The summed E-state index contributed by atoms with van der Waals surface area (Å²) in [4.78, 5) is 2.41. The minimum atomic E-state index is 0.893. The molecule has 1 aromatic heterocycles. The number of benzene rings is 10. The Bertz CT molecular complexity index is 3480. The Morgan fingerprint density at radius 2 is 1.00 bits per heavy atom. The molecule has 12 rings (SSSR count). The van der Waals surface area contributed by atoms with Crippen molar-refractivity contribution in [1.29, 1.82) is 0 Å². The number of allylic oxidation sites excluding steroid dienone is 1. The maximum Gasteiger partial charge on any atom is 0.136 e. The van der Waals surface area contributed by atoms with E-state index in [4.69, 9.17) is 4.42 Å². The van der Waals surface area contributed by atoms with Crippen LogP contribution in [0.5, 0.6) is 0 Å². The summed E-state index contributed by atoms with van der Waals surface area (Å²) in [5.74, 6) is 0. The van der Waals surface area contributed by atoms with Crippen LogP contribution < -0.4 is 4.90 Å². The molecule has 0 atom stereocenters. The van der Waals surface area contributed by atoms with Gasteiger partial charge in [-0.3, -0.25) is 0 Å². The molecule has 2 nitrogen and oxygen atoms in total. The molecule has 0 amide bonds. The number of nitrogens with zero attached hydrogens (tertiary/aromatic N) is 1. The van der Waals surface area contributed by atoms with E-state index in [0.717, 1.165) is 63.0 Å². The summed E-state index contributed by atoms with van der Waals surface area (Å²) in [6.45, 7) is 0. The smallest absolute Gasteiger partial charge is 0.136 e. The Balaban J connectivity index is 0.999. The number of rotatable bonds is 6. The van der Waals surface area contributed by atoms with E-state index in [-0.39, 0.29) is 0 Å². The summed E-state index contributed by atoms with van der Waals surface area (Å²) in [5.41, 5.74) is 15.1. The fraction of sp³-hybridized carbons (Fsp3) is 0.0345. The van der Waals surface area contributed by atoms with Crippen molar-refractivity contribution in [1.82, 2.24) is 0 Å². The van der Waals surface area contributed by atoms with E-state index >= 15 is 0 Å². The van der Waals surface area contributed by atoms with Crippen molar-refractivity contribution in [3.63, 3.8) is 0 Å². The molecule has 0 saturated heterocycles. The van der Waals surface area contributed by atoms with Gasteiger partial charge >= 0.3 is 0 Å². The van der Waals surface area contributed by atoms with Crippen LogP contribution in [0.4, 0.5) is 17.1 Å². The minimum absolute atomic E-state index is 0.893. The quantitative estimate of drug-likeness (QED) is 0.168. The Morgan fingerprint density at radius 1 is 0.383 bits per heavy atom. The van der Waals surface area contributed by atoms with Gasteiger partial charge in [-0.1, -0.05) is 146 Å². The number of anilines is 3. The summed E-state index contributed by atoms with van der Waals surface area (Å²) in [5, 5.41) is 9.74. The fourth-order valence-corrected chi connectivity index (χ4v) is 9.50. The average Bonchev–Trinajstić information content (AvgIpc) is 3.67. The van der Waals surface area contributed by atoms with Gasteiger partial charge in [-0.15, -0.1) is 0 Å². The van der Waals surface area contributed by atoms with Crippen molar-refractivity contribution < 1.29 is 4.42 Å². The van der Waals surface area contributed by atoms with Crippen molar-refractivity contribution >= 4 is 77.4 Å². The lowest BCUT2D eigenvalue weighted by atomic mass is 9.85. The molecule has 0 aliphatic heterocycles. The first-order valence-corrected chi connectivity index (χ1v) is 20.9. The predicted molar refractivity (Wildman–Crippen MR) is 255 cm³/mol. The zero-order valence-corrected chi connectivity index (χ0v) is 33.0. The van der Waals surface area contributed by atoms with E-state index in [0.29, 0.717) is 0 Å².